The van der Waals surface area contributed by atoms with Crippen LogP contribution in [0.25, 0.3) is 0 Å². The van der Waals surface area contributed by atoms with Gasteiger partial charge in [-0.05, 0) is 71.3 Å². The highest BCUT2D eigenvalue weighted by atomic mass is 127. The van der Waals surface area contributed by atoms with Crippen molar-refractivity contribution in [3.05, 3.63) is 52.1 Å². The van der Waals surface area contributed by atoms with E-state index in [2.05, 4.69) is 33.2 Å². The van der Waals surface area contributed by atoms with Crippen molar-refractivity contribution in [3.63, 3.8) is 0 Å². The molecule has 98 valence electrons. The molecule has 0 atom stereocenters. The van der Waals surface area contributed by atoms with Crippen LogP contribution in [0.5, 0.6) is 0 Å². The van der Waals surface area contributed by atoms with Crippen LogP contribution in [0.15, 0.2) is 53.4 Å². The SMILES string of the molecule is CSc1cccc(NC(=O)Nc2ccc(I)cc2)c1. The second-order valence-electron chi connectivity index (χ2n) is 3.82. The maximum Gasteiger partial charge on any atom is 0.323 e. The summed E-state index contributed by atoms with van der Waals surface area (Å²) in [7, 11) is 0. The molecular weight excluding hydrogens is 371 g/mol. The van der Waals surface area contributed by atoms with E-state index in [1.807, 2.05) is 54.8 Å². The van der Waals surface area contributed by atoms with E-state index in [1.54, 1.807) is 11.8 Å². The molecule has 2 rings (SSSR count). The van der Waals surface area contributed by atoms with E-state index < -0.39 is 0 Å². The molecule has 0 heterocycles. The van der Waals surface area contributed by atoms with Crippen LogP contribution in [0.1, 0.15) is 0 Å². The summed E-state index contributed by atoms with van der Waals surface area (Å²) in [5, 5.41) is 5.61. The molecule has 3 nitrogen and oxygen atoms in total. The van der Waals surface area contributed by atoms with Crippen molar-refractivity contribution in [3.8, 4) is 0 Å². The summed E-state index contributed by atoms with van der Waals surface area (Å²) in [6.07, 6.45) is 2.00. The minimum absolute atomic E-state index is 0.237. The minimum Gasteiger partial charge on any atom is -0.308 e. The number of carbonyl (C=O) groups excluding carboxylic acids is 1. The van der Waals surface area contributed by atoms with Gasteiger partial charge in [0.05, 0.1) is 0 Å². The van der Waals surface area contributed by atoms with Gasteiger partial charge >= 0.3 is 6.03 Å². The first-order valence-electron chi connectivity index (χ1n) is 5.65. The van der Waals surface area contributed by atoms with Crippen LogP contribution in [0.3, 0.4) is 0 Å². The molecule has 0 spiro atoms. The molecule has 5 heteroatoms. The fourth-order valence-corrected chi connectivity index (χ4v) is 2.35. The summed E-state index contributed by atoms with van der Waals surface area (Å²) < 4.78 is 1.14. The van der Waals surface area contributed by atoms with Gasteiger partial charge in [-0.1, -0.05) is 6.07 Å². The number of halogens is 1. The zero-order chi connectivity index (χ0) is 13.7. The summed E-state index contributed by atoms with van der Waals surface area (Å²) in [6.45, 7) is 0. The number of anilines is 2. The number of thioether (sulfide) groups is 1. The second kappa shape index (κ2) is 6.81. The number of hydrogen-bond acceptors (Lipinski definition) is 2. The predicted molar refractivity (Wildman–Crippen MR) is 90.0 cm³/mol. The van der Waals surface area contributed by atoms with Crippen LogP contribution in [0.2, 0.25) is 0 Å². The van der Waals surface area contributed by atoms with Crippen LogP contribution in [-0.2, 0) is 0 Å². The number of benzene rings is 2. The van der Waals surface area contributed by atoms with Crippen molar-refractivity contribution in [2.75, 3.05) is 16.9 Å². The molecule has 0 aliphatic rings. The average molecular weight is 384 g/mol. The lowest BCUT2D eigenvalue weighted by Gasteiger charge is -2.08. The van der Waals surface area contributed by atoms with E-state index in [0.717, 1.165) is 19.8 Å². The van der Waals surface area contributed by atoms with E-state index in [9.17, 15) is 4.79 Å². The van der Waals surface area contributed by atoms with Gasteiger partial charge in [0.15, 0.2) is 0 Å². The number of rotatable bonds is 3. The van der Waals surface area contributed by atoms with Gasteiger partial charge in [-0.15, -0.1) is 11.8 Å². The van der Waals surface area contributed by atoms with E-state index in [4.69, 9.17) is 0 Å². The van der Waals surface area contributed by atoms with E-state index >= 15 is 0 Å². The molecule has 2 aromatic carbocycles. The fourth-order valence-electron chi connectivity index (χ4n) is 1.53. The number of carbonyl (C=O) groups is 1. The van der Waals surface area contributed by atoms with Crippen molar-refractivity contribution in [2.45, 2.75) is 4.90 Å². The summed E-state index contributed by atoms with van der Waals surface area (Å²) in [5.41, 5.74) is 1.56. The Morgan fingerprint density at radius 1 is 1.05 bits per heavy atom. The van der Waals surface area contributed by atoms with E-state index in [0.29, 0.717) is 0 Å². The first-order chi connectivity index (χ1) is 9.17. The molecule has 0 unspecified atom stereocenters. The summed E-state index contributed by atoms with van der Waals surface area (Å²) in [5.74, 6) is 0. The molecule has 2 aromatic rings. The van der Waals surface area contributed by atoms with Crippen molar-refractivity contribution in [2.24, 2.45) is 0 Å². The second-order valence-corrected chi connectivity index (χ2v) is 5.94. The van der Waals surface area contributed by atoms with Gasteiger partial charge in [-0.25, -0.2) is 4.79 Å². The first-order valence-corrected chi connectivity index (χ1v) is 7.95. The molecule has 0 saturated carbocycles. The molecule has 2 N–H and O–H groups in total. The molecule has 0 radical (unpaired) electrons. The molecule has 0 saturated heterocycles. The van der Waals surface area contributed by atoms with Gasteiger partial charge in [0.2, 0.25) is 0 Å². The number of nitrogens with one attached hydrogen (secondary N) is 2. The first kappa shape index (κ1) is 14.2. The lowest BCUT2D eigenvalue weighted by atomic mass is 10.3. The largest absolute Gasteiger partial charge is 0.323 e. The lowest BCUT2D eigenvalue weighted by Crippen LogP contribution is -2.19. The van der Waals surface area contributed by atoms with Crippen LogP contribution < -0.4 is 10.6 Å². The highest BCUT2D eigenvalue weighted by Crippen LogP contribution is 2.19. The number of amides is 2. The van der Waals surface area contributed by atoms with Crippen LogP contribution in [0, 0.1) is 3.57 Å². The molecule has 0 bridgehead atoms. The van der Waals surface area contributed by atoms with Gasteiger partial charge in [0.25, 0.3) is 0 Å². The zero-order valence-electron chi connectivity index (χ0n) is 10.3. The van der Waals surface area contributed by atoms with Gasteiger partial charge < -0.3 is 10.6 Å². The Morgan fingerprint density at radius 2 is 1.74 bits per heavy atom. The third-order valence-corrected chi connectivity index (χ3v) is 3.87. The van der Waals surface area contributed by atoms with E-state index in [-0.39, 0.29) is 6.03 Å². The summed E-state index contributed by atoms with van der Waals surface area (Å²) in [6, 6.07) is 15.2. The lowest BCUT2D eigenvalue weighted by molar-refractivity contribution is 0.262. The van der Waals surface area contributed by atoms with Gasteiger partial charge in [0.1, 0.15) is 0 Å². The predicted octanol–water partition coefficient (Wildman–Crippen LogP) is 4.66. The molecule has 0 fully saturated rings. The maximum atomic E-state index is 11.8. The zero-order valence-corrected chi connectivity index (χ0v) is 13.3. The molecule has 0 aromatic heterocycles. The number of urea groups is 1. The molecule has 0 aliphatic heterocycles. The third kappa shape index (κ3) is 4.43. The Labute approximate surface area is 130 Å². The smallest absolute Gasteiger partial charge is 0.308 e. The van der Waals surface area contributed by atoms with Crippen LogP contribution in [-0.4, -0.2) is 12.3 Å². The molecule has 2 amide bonds. The Balaban J connectivity index is 1.99. The minimum atomic E-state index is -0.237. The van der Waals surface area contributed by atoms with Crippen molar-refractivity contribution in [1.29, 1.82) is 0 Å². The quantitative estimate of drug-likeness (QED) is 0.597. The Morgan fingerprint density at radius 3 is 2.42 bits per heavy atom. The Hall–Kier alpha value is -1.21. The highest BCUT2D eigenvalue weighted by Gasteiger charge is 2.03. The van der Waals surface area contributed by atoms with Gasteiger partial charge in [-0.3, -0.25) is 0 Å². The van der Waals surface area contributed by atoms with Gasteiger partial charge in [-0.2, -0.15) is 0 Å². The fraction of sp³-hybridized carbons (Fsp3) is 0.0714. The third-order valence-electron chi connectivity index (χ3n) is 2.43. The molecular formula is C14H13IN2OS. The monoisotopic (exact) mass is 384 g/mol. The van der Waals surface area contributed by atoms with Crippen molar-refractivity contribution in [1.82, 2.24) is 0 Å². The van der Waals surface area contributed by atoms with Gasteiger partial charge in [0, 0.05) is 19.8 Å². The topological polar surface area (TPSA) is 41.1 Å². The van der Waals surface area contributed by atoms with Crippen LogP contribution in [0.4, 0.5) is 16.2 Å². The van der Waals surface area contributed by atoms with E-state index in [1.165, 1.54) is 0 Å². The highest BCUT2D eigenvalue weighted by molar-refractivity contribution is 14.1. The van der Waals surface area contributed by atoms with Crippen molar-refractivity contribution < 1.29 is 4.79 Å². The van der Waals surface area contributed by atoms with Crippen molar-refractivity contribution >= 4 is 51.8 Å². The normalized spacial score (nSPS) is 10.0. The summed E-state index contributed by atoms with van der Waals surface area (Å²) in [4.78, 5) is 13.0. The molecule has 0 aliphatic carbocycles. The maximum absolute atomic E-state index is 11.8. The Bertz CT molecular complexity index is 572. The average Bonchev–Trinajstić information content (AvgIpc) is 2.41. The number of hydrogen-bond donors (Lipinski definition) is 2. The summed E-state index contributed by atoms with van der Waals surface area (Å²) >= 11 is 3.87. The molecule has 19 heavy (non-hydrogen) atoms. The standard InChI is InChI=1S/C14H13IN2OS/c1-19-13-4-2-3-12(9-13)17-14(18)16-11-7-5-10(15)6-8-11/h2-9H,1H3,(H2,16,17,18). The van der Waals surface area contributed by atoms with Crippen LogP contribution >= 0.6 is 34.4 Å². The Kier molecular flexibility index (Phi) is 5.09.